The van der Waals surface area contributed by atoms with Gasteiger partial charge in [0, 0.05) is 25.1 Å². The van der Waals surface area contributed by atoms with Crippen LogP contribution >= 0.6 is 11.6 Å². The van der Waals surface area contributed by atoms with Gasteiger partial charge in [0.2, 0.25) is 5.91 Å². The normalized spacial score (nSPS) is 18.3. The van der Waals surface area contributed by atoms with E-state index in [0.717, 1.165) is 29.3 Å². The van der Waals surface area contributed by atoms with Gasteiger partial charge in [-0.25, -0.2) is 4.98 Å². The standard InChI is InChI=1S/C24H24ClN7O2/c1-13-8-16(6-7-34-13)32-20(10-21(33)29-22-14(2)30-31(3)24(22)25)28-19-12-27-18-5-4-15(11-26)9-17(18)23(19)32/h4-5,9,12-13,16H,6-8,10H2,1-3H3,(H,29,33)/t13-,16-/m1/s1. The monoisotopic (exact) mass is 477 g/mol. The number of imidazole rings is 1. The van der Waals surface area contributed by atoms with Crippen molar-refractivity contribution in [3.05, 3.63) is 46.6 Å². The zero-order chi connectivity index (χ0) is 24.0. The molecular formula is C24H24ClN7O2. The fraction of sp³-hybridized carbons (Fsp3) is 0.375. The molecule has 9 nitrogen and oxygen atoms in total. The van der Waals surface area contributed by atoms with Gasteiger partial charge in [-0.15, -0.1) is 0 Å². The van der Waals surface area contributed by atoms with E-state index in [1.54, 1.807) is 26.2 Å². The number of hydrogen-bond acceptors (Lipinski definition) is 6. The highest BCUT2D eigenvalue weighted by atomic mass is 35.5. The molecule has 34 heavy (non-hydrogen) atoms. The molecule has 4 aromatic rings. The Hall–Kier alpha value is -3.48. The average Bonchev–Trinajstić information content (AvgIpc) is 3.30. The number of nitriles is 1. The van der Waals surface area contributed by atoms with Gasteiger partial charge in [-0.1, -0.05) is 11.6 Å². The molecule has 0 bridgehead atoms. The summed E-state index contributed by atoms with van der Waals surface area (Å²) in [6.07, 6.45) is 3.49. The summed E-state index contributed by atoms with van der Waals surface area (Å²) in [4.78, 5) is 22.4. The van der Waals surface area contributed by atoms with E-state index in [4.69, 9.17) is 21.3 Å². The third-order valence-corrected chi connectivity index (χ3v) is 6.71. The number of carbonyl (C=O) groups is 1. The predicted molar refractivity (Wildman–Crippen MR) is 129 cm³/mol. The van der Waals surface area contributed by atoms with Crippen LogP contribution in [0.2, 0.25) is 5.15 Å². The quantitative estimate of drug-likeness (QED) is 0.474. The Labute approximate surface area is 201 Å². The molecule has 5 rings (SSSR count). The first kappa shape index (κ1) is 22.3. The van der Waals surface area contributed by atoms with Gasteiger partial charge in [0.05, 0.1) is 47.1 Å². The molecule has 0 unspecified atom stereocenters. The van der Waals surface area contributed by atoms with E-state index >= 15 is 0 Å². The lowest BCUT2D eigenvalue weighted by Gasteiger charge is -2.30. The number of anilines is 1. The lowest BCUT2D eigenvalue weighted by Crippen LogP contribution is -2.27. The van der Waals surface area contributed by atoms with Crippen molar-refractivity contribution in [2.45, 2.75) is 45.3 Å². The highest BCUT2D eigenvalue weighted by Crippen LogP contribution is 2.34. The molecule has 3 aromatic heterocycles. The number of ether oxygens (including phenoxy) is 1. The number of fused-ring (bicyclic) bond motifs is 3. The lowest BCUT2D eigenvalue weighted by molar-refractivity contribution is -0.115. The van der Waals surface area contributed by atoms with Crippen molar-refractivity contribution in [2.75, 3.05) is 11.9 Å². The Kier molecular flexibility index (Phi) is 5.71. The van der Waals surface area contributed by atoms with E-state index in [2.05, 4.69) is 33.0 Å². The van der Waals surface area contributed by atoms with Crippen LogP contribution in [-0.2, 0) is 23.0 Å². The van der Waals surface area contributed by atoms with Crippen molar-refractivity contribution in [1.82, 2.24) is 24.3 Å². The predicted octanol–water partition coefficient (Wildman–Crippen LogP) is 4.07. The number of benzene rings is 1. The lowest BCUT2D eigenvalue weighted by atomic mass is 10.0. The maximum absolute atomic E-state index is 13.1. The van der Waals surface area contributed by atoms with Gasteiger partial charge in [-0.2, -0.15) is 10.4 Å². The van der Waals surface area contributed by atoms with Crippen molar-refractivity contribution in [3.63, 3.8) is 0 Å². The summed E-state index contributed by atoms with van der Waals surface area (Å²) < 4.78 is 9.45. The van der Waals surface area contributed by atoms with Crippen molar-refractivity contribution >= 4 is 45.1 Å². The number of nitrogens with one attached hydrogen (secondary N) is 1. The van der Waals surface area contributed by atoms with E-state index in [1.807, 2.05) is 12.1 Å². The van der Waals surface area contributed by atoms with Gasteiger partial charge >= 0.3 is 0 Å². The molecule has 0 aliphatic carbocycles. The zero-order valence-electron chi connectivity index (χ0n) is 19.2. The van der Waals surface area contributed by atoms with Gasteiger partial charge in [0.15, 0.2) is 5.15 Å². The summed E-state index contributed by atoms with van der Waals surface area (Å²) in [7, 11) is 1.73. The van der Waals surface area contributed by atoms with E-state index in [0.29, 0.717) is 40.0 Å². The minimum absolute atomic E-state index is 0.0600. The summed E-state index contributed by atoms with van der Waals surface area (Å²) in [5.74, 6) is 0.408. The Balaban J connectivity index is 1.62. The van der Waals surface area contributed by atoms with Crippen LogP contribution in [0.3, 0.4) is 0 Å². The number of hydrogen-bond donors (Lipinski definition) is 1. The van der Waals surface area contributed by atoms with Crippen LogP contribution < -0.4 is 5.32 Å². The molecule has 0 spiro atoms. The molecule has 1 fully saturated rings. The number of aryl methyl sites for hydroxylation is 2. The Morgan fingerprint density at radius 1 is 1.38 bits per heavy atom. The first-order chi connectivity index (χ1) is 16.4. The van der Waals surface area contributed by atoms with Gasteiger partial charge in [0.1, 0.15) is 17.0 Å². The van der Waals surface area contributed by atoms with Crippen LogP contribution in [0.15, 0.2) is 24.4 Å². The van der Waals surface area contributed by atoms with Crippen molar-refractivity contribution in [2.24, 2.45) is 7.05 Å². The molecule has 174 valence electrons. The molecule has 1 saturated heterocycles. The first-order valence-corrected chi connectivity index (χ1v) is 11.5. The van der Waals surface area contributed by atoms with Crippen LogP contribution in [0.5, 0.6) is 0 Å². The average molecular weight is 478 g/mol. The molecule has 0 radical (unpaired) electrons. The Morgan fingerprint density at radius 3 is 2.91 bits per heavy atom. The molecular weight excluding hydrogens is 454 g/mol. The molecule has 1 aromatic carbocycles. The maximum atomic E-state index is 13.1. The summed E-state index contributed by atoms with van der Waals surface area (Å²) in [6, 6.07) is 7.76. The van der Waals surface area contributed by atoms with Crippen LogP contribution in [0.4, 0.5) is 5.69 Å². The molecule has 1 amide bonds. The van der Waals surface area contributed by atoms with Gasteiger partial charge in [-0.05, 0) is 44.9 Å². The molecule has 4 heterocycles. The van der Waals surface area contributed by atoms with Crippen LogP contribution in [0, 0.1) is 18.3 Å². The second-order valence-corrected chi connectivity index (χ2v) is 9.05. The smallest absolute Gasteiger partial charge is 0.232 e. The maximum Gasteiger partial charge on any atom is 0.232 e. The Bertz CT molecular complexity index is 1470. The second kappa shape index (κ2) is 8.70. The van der Waals surface area contributed by atoms with E-state index in [1.165, 1.54) is 4.68 Å². The fourth-order valence-electron chi connectivity index (χ4n) is 4.72. The number of pyridine rings is 1. The van der Waals surface area contributed by atoms with E-state index in [-0.39, 0.29) is 24.5 Å². The number of aromatic nitrogens is 5. The summed E-state index contributed by atoms with van der Waals surface area (Å²) in [5, 5.41) is 17.8. The van der Waals surface area contributed by atoms with Gasteiger partial charge < -0.3 is 14.6 Å². The molecule has 1 aliphatic rings. The molecule has 1 N–H and O–H groups in total. The van der Waals surface area contributed by atoms with E-state index in [9.17, 15) is 10.1 Å². The third kappa shape index (κ3) is 3.89. The summed E-state index contributed by atoms with van der Waals surface area (Å²) in [6.45, 7) is 4.48. The SMILES string of the molecule is Cc1nn(C)c(Cl)c1NC(=O)Cc1nc2cnc3ccc(C#N)cc3c2n1[C@@H]1CCO[C@H](C)C1. The largest absolute Gasteiger partial charge is 0.378 e. The number of rotatable bonds is 4. The summed E-state index contributed by atoms with van der Waals surface area (Å²) >= 11 is 6.30. The molecule has 1 aliphatic heterocycles. The fourth-order valence-corrected chi connectivity index (χ4v) is 4.94. The topological polar surface area (TPSA) is 111 Å². The highest BCUT2D eigenvalue weighted by Gasteiger charge is 2.27. The second-order valence-electron chi connectivity index (χ2n) is 8.69. The number of carbonyl (C=O) groups excluding carboxylic acids is 1. The van der Waals surface area contributed by atoms with Crippen molar-refractivity contribution < 1.29 is 9.53 Å². The van der Waals surface area contributed by atoms with Crippen molar-refractivity contribution in [1.29, 1.82) is 5.26 Å². The third-order valence-electron chi connectivity index (χ3n) is 6.28. The number of amides is 1. The van der Waals surface area contributed by atoms with Gasteiger partial charge in [0.25, 0.3) is 0 Å². The minimum Gasteiger partial charge on any atom is -0.378 e. The van der Waals surface area contributed by atoms with Crippen LogP contribution in [-0.4, -0.2) is 42.9 Å². The molecule has 2 atom stereocenters. The number of halogens is 1. The highest BCUT2D eigenvalue weighted by molar-refractivity contribution is 6.32. The first-order valence-electron chi connectivity index (χ1n) is 11.2. The van der Waals surface area contributed by atoms with E-state index < -0.39 is 0 Å². The van der Waals surface area contributed by atoms with Crippen LogP contribution in [0.25, 0.3) is 21.9 Å². The molecule has 10 heteroatoms. The van der Waals surface area contributed by atoms with Crippen LogP contribution in [0.1, 0.15) is 42.9 Å². The zero-order valence-corrected chi connectivity index (χ0v) is 19.9. The molecule has 0 saturated carbocycles. The Morgan fingerprint density at radius 2 is 2.21 bits per heavy atom. The van der Waals surface area contributed by atoms with Crippen molar-refractivity contribution in [3.8, 4) is 6.07 Å². The van der Waals surface area contributed by atoms with Gasteiger partial charge in [-0.3, -0.25) is 14.5 Å². The minimum atomic E-state index is -0.232. The summed E-state index contributed by atoms with van der Waals surface area (Å²) in [5.41, 5.74) is 4.06. The number of nitrogens with zero attached hydrogens (tertiary/aromatic N) is 6.